The molecule has 0 aliphatic heterocycles. The lowest BCUT2D eigenvalue weighted by Gasteiger charge is -0.813. The van der Waals surface area contributed by atoms with Crippen LogP contribution in [0.2, 0.25) is 0 Å². The molecule has 0 rings (SSSR count). The first-order valence-corrected chi connectivity index (χ1v) is 0.500. The maximum absolute atomic E-state index is 3.00. The molecule has 0 unspecified atom stereocenters. The molecule has 0 bridgehead atoms. The second kappa shape index (κ2) is 981. The summed E-state index contributed by atoms with van der Waals surface area (Å²) < 4.78 is 0. The summed E-state index contributed by atoms with van der Waals surface area (Å²) in [6, 6.07) is 0. The molecule has 0 heterocycles. The molecule has 0 aromatic rings. The second-order valence-corrected chi connectivity index (χ2v) is 0. The molecule has 0 fully saturated rings. The van der Waals surface area contributed by atoms with Crippen molar-refractivity contribution in [3.63, 3.8) is 0 Å². The maximum Gasteiger partial charge on any atom is -0.0776 e. The SMILES string of the molecule is C.C.C.C.C=C. The summed E-state index contributed by atoms with van der Waals surface area (Å²) in [5, 5.41) is 0. The van der Waals surface area contributed by atoms with Crippen molar-refractivity contribution in [1.82, 2.24) is 0 Å². The highest BCUT2D eigenvalue weighted by Gasteiger charge is 0.601. The van der Waals surface area contributed by atoms with Crippen molar-refractivity contribution in [1.29, 1.82) is 0 Å². The van der Waals surface area contributed by atoms with Crippen LogP contribution in [-0.4, -0.2) is 0 Å². The maximum atomic E-state index is 3.00. The predicted molar refractivity (Wildman–Crippen MR) is 38.2 cm³/mol. The van der Waals surface area contributed by atoms with E-state index in [1.54, 1.807) is 0 Å². The Kier molecular flexibility index (Phi) is 38500. The van der Waals surface area contributed by atoms with Crippen LogP contribution in [-0.2, 0) is 0 Å². The third-order valence-corrected chi connectivity index (χ3v) is 0. The largest absolute Gasteiger partial charge is 0.106 e. The van der Waals surface area contributed by atoms with Crippen LogP contribution < -0.4 is 0 Å². The van der Waals surface area contributed by atoms with E-state index in [9.17, 15) is 0 Å². The van der Waals surface area contributed by atoms with Crippen LogP contribution in [0.3, 0.4) is 0 Å². The van der Waals surface area contributed by atoms with Crippen molar-refractivity contribution in [2.24, 2.45) is 0 Å². The van der Waals surface area contributed by atoms with Gasteiger partial charge in [-0.3, -0.25) is 0 Å². The van der Waals surface area contributed by atoms with E-state index < -0.39 is 0 Å². The Morgan fingerprint density at radius 1 is 0.500 bits per heavy atom. The van der Waals surface area contributed by atoms with Crippen molar-refractivity contribution >= 4 is 0 Å². The molecule has 0 saturated heterocycles. The van der Waals surface area contributed by atoms with Crippen molar-refractivity contribution < 1.29 is 0 Å². The lowest BCUT2D eigenvalue weighted by molar-refractivity contribution is 2.50. The van der Waals surface area contributed by atoms with Gasteiger partial charge in [0.05, 0.1) is 0 Å². The van der Waals surface area contributed by atoms with Gasteiger partial charge in [-0.05, 0) is 0 Å². The summed E-state index contributed by atoms with van der Waals surface area (Å²) in [7, 11) is 0. The fraction of sp³-hybridized carbons (Fsp3) is 0.667. The third-order valence-electron chi connectivity index (χ3n) is 0. The zero-order valence-electron chi connectivity index (χ0n) is 1.41. The molecular weight excluding hydrogens is 72.1 g/mol. The van der Waals surface area contributed by atoms with E-state index in [2.05, 4.69) is 13.2 Å². The van der Waals surface area contributed by atoms with Crippen molar-refractivity contribution in [2.75, 3.05) is 0 Å². The fourth-order valence-corrected chi connectivity index (χ4v) is 0. The first-order chi connectivity index (χ1) is 1.00. The molecular formula is C6H20. The number of rotatable bonds is 0. The zero-order valence-corrected chi connectivity index (χ0v) is 1.41. The highest BCUT2D eigenvalue weighted by Crippen LogP contribution is 0.862. The fourth-order valence-electron chi connectivity index (χ4n) is 0. The molecule has 0 heteroatoms. The van der Waals surface area contributed by atoms with Gasteiger partial charge in [-0.1, -0.05) is 29.7 Å². The first-order valence-electron chi connectivity index (χ1n) is 0.500. The monoisotopic (exact) mass is 92.2 g/mol. The lowest BCUT2D eigenvalue weighted by Crippen LogP contribution is -0.552. The molecule has 0 aliphatic carbocycles. The Morgan fingerprint density at radius 3 is 0.500 bits per heavy atom. The molecule has 0 nitrogen and oxygen atoms in total. The van der Waals surface area contributed by atoms with E-state index in [0.29, 0.717) is 0 Å². The molecule has 0 aliphatic rings. The van der Waals surface area contributed by atoms with Crippen LogP contribution in [0, 0.1) is 0 Å². The molecule has 0 spiro atoms. The molecule has 0 aromatic carbocycles. The molecule has 0 N–H and O–H groups in total. The highest BCUT2D eigenvalue weighted by atomic mass is 12.7. The van der Waals surface area contributed by atoms with E-state index in [1.807, 2.05) is 0 Å². The Labute approximate surface area is 43.9 Å². The van der Waals surface area contributed by atoms with Gasteiger partial charge in [-0.15, -0.1) is 13.2 Å². The minimum Gasteiger partial charge on any atom is -0.106 e. The van der Waals surface area contributed by atoms with Gasteiger partial charge in [0.25, 0.3) is 0 Å². The quantitative estimate of drug-likeness (QED) is 0.402. The molecule has 0 aromatic heterocycles. The van der Waals surface area contributed by atoms with Gasteiger partial charge in [0.2, 0.25) is 0 Å². The summed E-state index contributed by atoms with van der Waals surface area (Å²) in [5.74, 6) is 0. The average molecular weight is 92.2 g/mol. The van der Waals surface area contributed by atoms with Gasteiger partial charge in [0.15, 0.2) is 0 Å². The minimum atomic E-state index is 0. The van der Waals surface area contributed by atoms with Gasteiger partial charge in [-0.2, -0.15) is 0 Å². The Balaban J connectivity index is -0.000000000833. The van der Waals surface area contributed by atoms with Crippen LogP contribution in [0.1, 0.15) is 29.7 Å². The lowest BCUT2D eigenvalue weighted by atomic mass is 11.3. The van der Waals surface area contributed by atoms with Gasteiger partial charge in [0, 0.05) is 0 Å². The van der Waals surface area contributed by atoms with E-state index in [0.717, 1.165) is 0 Å². The number of hydrogen-bond acceptors (Lipinski definition) is 0. The molecule has 0 atom stereocenters. The molecule has 0 saturated carbocycles. The van der Waals surface area contributed by atoms with Crippen molar-refractivity contribution in [3.8, 4) is 0 Å². The predicted octanol–water partition coefficient (Wildman–Crippen LogP) is 3.35. The topological polar surface area (TPSA) is 0 Å². The van der Waals surface area contributed by atoms with Crippen molar-refractivity contribution in [3.05, 3.63) is 13.2 Å². The molecule has 44 valence electrons. The standard InChI is InChI=1S/C2H4.4CH4/c1-2;;;;/h1-2H2;4*1H4. The molecule has 0 amide bonds. The summed E-state index contributed by atoms with van der Waals surface area (Å²) >= 11 is 0. The summed E-state index contributed by atoms with van der Waals surface area (Å²) in [6.07, 6.45) is 0. The Morgan fingerprint density at radius 2 is 0.500 bits per heavy atom. The molecule has 6 heavy (non-hydrogen) atoms. The van der Waals surface area contributed by atoms with Gasteiger partial charge in [-0.25, -0.2) is 0 Å². The second-order valence-electron chi connectivity index (χ2n) is 0. The smallest absolute Gasteiger partial charge is 0.0776 e. The summed E-state index contributed by atoms with van der Waals surface area (Å²) in [5.41, 5.74) is 0. The minimum absolute atomic E-state index is 0. The third kappa shape index (κ3) is 415. The van der Waals surface area contributed by atoms with Crippen LogP contribution in [0.5, 0.6) is 0 Å². The van der Waals surface area contributed by atoms with Crippen molar-refractivity contribution in [2.45, 2.75) is 29.7 Å². The summed E-state index contributed by atoms with van der Waals surface area (Å²) in [6.45, 7) is 6.00. The summed E-state index contributed by atoms with van der Waals surface area (Å²) in [4.78, 5) is 0. The molecule has 0 radical (unpaired) electrons. The van der Waals surface area contributed by atoms with Gasteiger partial charge < -0.3 is 0 Å². The van der Waals surface area contributed by atoms with E-state index in [4.69, 9.17) is 0 Å². The average Bonchev–Trinajstić information content (AvgIpc) is 1.00. The van der Waals surface area contributed by atoms with E-state index in [1.165, 1.54) is 0 Å². The van der Waals surface area contributed by atoms with Crippen LogP contribution in [0.15, 0.2) is 13.2 Å². The normalized spacial score (nSPS) is 0.667. The van der Waals surface area contributed by atoms with Gasteiger partial charge in [0.1, 0.15) is 0 Å². The Bertz CT molecular complexity index is 0. The highest BCUT2D eigenvalue weighted by molar-refractivity contribution is 4.22. The number of hydrogen-bond donors (Lipinski definition) is 0. The van der Waals surface area contributed by atoms with E-state index >= 15 is 0 Å². The van der Waals surface area contributed by atoms with E-state index in [-0.39, 0.29) is 29.7 Å². The zero-order chi connectivity index (χ0) is 2.00. The van der Waals surface area contributed by atoms with Crippen LogP contribution >= 0.6 is 0 Å². The Hall–Kier alpha value is -0.260. The van der Waals surface area contributed by atoms with Gasteiger partial charge >= 0.3 is 0 Å². The van der Waals surface area contributed by atoms with Crippen LogP contribution in [0.25, 0.3) is 0 Å². The first kappa shape index (κ1) is 236. The van der Waals surface area contributed by atoms with Crippen LogP contribution in [0.4, 0.5) is 0 Å².